The number of hydrogen-bond acceptors (Lipinski definition) is 3. The van der Waals surface area contributed by atoms with Crippen LogP contribution in [0.2, 0.25) is 0 Å². The molecule has 0 saturated heterocycles. The van der Waals surface area contributed by atoms with E-state index in [1.54, 1.807) is 11.8 Å². The molecule has 30 heavy (non-hydrogen) atoms. The summed E-state index contributed by atoms with van der Waals surface area (Å²) in [7, 11) is -1.31. The molecular formula is C26H24O2S2. The van der Waals surface area contributed by atoms with E-state index in [9.17, 15) is 9.32 Å². The molecular weight excluding hydrogens is 408 g/mol. The van der Waals surface area contributed by atoms with Gasteiger partial charge < -0.3 is 5.11 Å². The highest BCUT2D eigenvalue weighted by molar-refractivity contribution is 7.98. The van der Waals surface area contributed by atoms with E-state index < -0.39 is 16.9 Å². The van der Waals surface area contributed by atoms with Gasteiger partial charge in [0.2, 0.25) is 0 Å². The van der Waals surface area contributed by atoms with Crippen LogP contribution in [0.4, 0.5) is 0 Å². The first-order valence-electron chi connectivity index (χ1n) is 9.85. The Kier molecular flexibility index (Phi) is 6.38. The Bertz CT molecular complexity index is 1190. The number of aryl methyl sites for hydroxylation is 1. The van der Waals surface area contributed by atoms with Crippen LogP contribution < -0.4 is 0 Å². The van der Waals surface area contributed by atoms with Gasteiger partial charge in [-0.1, -0.05) is 72.3 Å². The highest BCUT2D eigenvalue weighted by atomic mass is 32.2. The summed E-state index contributed by atoms with van der Waals surface area (Å²) in [4.78, 5) is 1.52. The van der Waals surface area contributed by atoms with Crippen LogP contribution in [0.15, 0.2) is 101 Å². The number of hydrogen-bond donors (Lipinski definition) is 1. The van der Waals surface area contributed by atoms with Gasteiger partial charge in [0.25, 0.3) is 0 Å². The Balaban J connectivity index is 1.72. The molecule has 4 rings (SSSR count). The van der Waals surface area contributed by atoms with Gasteiger partial charge in [0.05, 0.1) is 22.2 Å². The fourth-order valence-electron chi connectivity index (χ4n) is 3.67. The molecule has 152 valence electrons. The first kappa shape index (κ1) is 20.9. The Morgan fingerprint density at radius 1 is 0.833 bits per heavy atom. The van der Waals surface area contributed by atoms with Gasteiger partial charge in [0.1, 0.15) is 0 Å². The average molecular weight is 433 g/mol. The van der Waals surface area contributed by atoms with Gasteiger partial charge in [-0.05, 0) is 59.3 Å². The zero-order chi connectivity index (χ0) is 21.1. The molecule has 0 saturated carbocycles. The summed E-state index contributed by atoms with van der Waals surface area (Å²) in [6.45, 7) is 2.02. The van der Waals surface area contributed by atoms with Crippen molar-refractivity contribution < 1.29 is 9.32 Å². The molecule has 0 spiro atoms. The highest BCUT2D eigenvalue weighted by Gasteiger charge is 2.26. The molecule has 4 aromatic rings. The molecule has 0 radical (unpaired) electrons. The van der Waals surface area contributed by atoms with E-state index in [4.69, 9.17) is 0 Å². The van der Waals surface area contributed by atoms with E-state index in [0.29, 0.717) is 0 Å². The summed E-state index contributed by atoms with van der Waals surface area (Å²) in [6, 6.07) is 29.7. The number of aliphatic hydroxyl groups excluding tert-OH is 1. The van der Waals surface area contributed by atoms with Crippen LogP contribution in [0.5, 0.6) is 0 Å². The molecule has 0 aliphatic carbocycles. The molecule has 4 aromatic carbocycles. The smallest absolute Gasteiger partial charge is 0.0949 e. The SMILES string of the molecule is CS[C@@H](c1ccccc1S(=O)c1ccc(C)cc1)[C@H](O)c1ccc2ccccc2c1. The number of thioether (sulfide) groups is 1. The molecule has 3 atom stereocenters. The van der Waals surface area contributed by atoms with Crippen molar-refractivity contribution >= 4 is 33.3 Å². The predicted octanol–water partition coefficient (Wildman–Crippen LogP) is 6.45. The first-order valence-corrected chi connectivity index (χ1v) is 12.3. The average Bonchev–Trinajstić information content (AvgIpc) is 2.79. The van der Waals surface area contributed by atoms with Crippen LogP contribution in [0.25, 0.3) is 10.8 Å². The van der Waals surface area contributed by atoms with Crippen LogP contribution >= 0.6 is 11.8 Å². The fraction of sp³-hybridized carbons (Fsp3) is 0.154. The fourth-order valence-corrected chi connectivity index (χ4v) is 5.86. The van der Waals surface area contributed by atoms with E-state index >= 15 is 0 Å². The molecule has 0 amide bonds. The van der Waals surface area contributed by atoms with Gasteiger partial charge in [0, 0.05) is 9.79 Å². The maximum absolute atomic E-state index is 13.4. The normalized spacial score (nSPS) is 14.4. The second-order valence-corrected chi connectivity index (χ2v) is 9.76. The van der Waals surface area contributed by atoms with E-state index in [0.717, 1.165) is 37.3 Å². The van der Waals surface area contributed by atoms with Crippen molar-refractivity contribution in [3.63, 3.8) is 0 Å². The molecule has 0 heterocycles. The lowest BCUT2D eigenvalue weighted by Gasteiger charge is -2.24. The molecule has 2 nitrogen and oxygen atoms in total. The Hall–Kier alpha value is -2.40. The first-order chi connectivity index (χ1) is 14.6. The predicted molar refractivity (Wildman–Crippen MR) is 127 cm³/mol. The Morgan fingerprint density at radius 2 is 1.50 bits per heavy atom. The van der Waals surface area contributed by atoms with Crippen molar-refractivity contribution in [3.8, 4) is 0 Å². The van der Waals surface area contributed by atoms with Crippen molar-refractivity contribution in [3.05, 3.63) is 108 Å². The van der Waals surface area contributed by atoms with E-state index in [-0.39, 0.29) is 5.25 Å². The molecule has 0 aliphatic heterocycles. The summed E-state index contributed by atoms with van der Waals surface area (Å²) in [5.41, 5.74) is 2.91. The van der Waals surface area contributed by atoms with Gasteiger partial charge >= 0.3 is 0 Å². The quantitative estimate of drug-likeness (QED) is 0.380. The number of fused-ring (bicyclic) bond motifs is 1. The van der Waals surface area contributed by atoms with Gasteiger partial charge in [-0.15, -0.1) is 0 Å². The topological polar surface area (TPSA) is 37.3 Å². The van der Waals surface area contributed by atoms with E-state index in [1.165, 1.54) is 0 Å². The van der Waals surface area contributed by atoms with Crippen LogP contribution in [0.1, 0.15) is 28.0 Å². The molecule has 1 N–H and O–H groups in total. The van der Waals surface area contributed by atoms with Crippen molar-refractivity contribution in [1.82, 2.24) is 0 Å². The number of aliphatic hydroxyl groups is 1. The van der Waals surface area contributed by atoms with Crippen LogP contribution in [0.3, 0.4) is 0 Å². The number of benzene rings is 4. The summed E-state index contributed by atoms with van der Waals surface area (Å²) < 4.78 is 13.4. The number of rotatable bonds is 6. The maximum atomic E-state index is 13.4. The monoisotopic (exact) mass is 432 g/mol. The lowest BCUT2D eigenvalue weighted by atomic mass is 9.98. The second-order valence-electron chi connectivity index (χ2n) is 7.33. The summed E-state index contributed by atoms with van der Waals surface area (Å²) >= 11 is 1.58. The maximum Gasteiger partial charge on any atom is 0.0949 e. The zero-order valence-electron chi connectivity index (χ0n) is 17.0. The minimum absolute atomic E-state index is 0.225. The molecule has 0 aliphatic rings. The van der Waals surface area contributed by atoms with Gasteiger partial charge in [-0.3, -0.25) is 0 Å². The van der Waals surface area contributed by atoms with Crippen molar-refractivity contribution in [2.45, 2.75) is 28.1 Å². The van der Waals surface area contributed by atoms with Gasteiger partial charge in [-0.25, -0.2) is 4.21 Å². The van der Waals surface area contributed by atoms with Crippen LogP contribution in [-0.2, 0) is 10.8 Å². The minimum Gasteiger partial charge on any atom is -0.387 e. The van der Waals surface area contributed by atoms with Crippen molar-refractivity contribution in [1.29, 1.82) is 0 Å². The molecule has 4 heteroatoms. The molecule has 0 fully saturated rings. The van der Waals surface area contributed by atoms with Gasteiger partial charge in [0.15, 0.2) is 0 Å². The van der Waals surface area contributed by atoms with Crippen molar-refractivity contribution in [2.24, 2.45) is 0 Å². The van der Waals surface area contributed by atoms with E-state index in [1.807, 2.05) is 92.0 Å². The summed E-state index contributed by atoms with van der Waals surface area (Å²) in [6.07, 6.45) is 1.28. The highest BCUT2D eigenvalue weighted by Crippen LogP contribution is 2.42. The summed E-state index contributed by atoms with van der Waals surface area (Å²) in [5, 5.41) is 13.3. The van der Waals surface area contributed by atoms with Gasteiger partial charge in [-0.2, -0.15) is 11.8 Å². The third kappa shape index (κ3) is 4.22. The summed E-state index contributed by atoms with van der Waals surface area (Å²) in [5.74, 6) is 0. The lowest BCUT2D eigenvalue weighted by molar-refractivity contribution is 0.174. The van der Waals surface area contributed by atoms with Crippen LogP contribution in [-0.4, -0.2) is 15.6 Å². The molecule has 0 bridgehead atoms. The van der Waals surface area contributed by atoms with Crippen molar-refractivity contribution in [2.75, 3.05) is 6.26 Å². The van der Waals surface area contributed by atoms with Crippen LogP contribution in [0, 0.1) is 6.92 Å². The standard InChI is InChI=1S/C26H24O2S2/c1-18-11-15-22(16-12-18)30(28)24-10-6-5-9-23(24)26(29-2)25(27)21-14-13-19-7-3-4-8-20(19)17-21/h3-17,25-27H,1-2H3/t25-,26+,30?/m1/s1. The zero-order valence-corrected chi connectivity index (χ0v) is 18.6. The van der Waals surface area contributed by atoms with E-state index in [2.05, 4.69) is 12.1 Å². The Morgan fingerprint density at radius 3 is 2.23 bits per heavy atom. The molecule has 0 aromatic heterocycles. The lowest BCUT2D eigenvalue weighted by Crippen LogP contribution is -2.11. The third-order valence-corrected chi connectivity index (χ3v) is 7.81. The molecule has 1 unspecified atom stereocenters. The second kappa shape index (κ2) is 9.17. The minimum atomic E-state index is -1.31. The largest absolute Gasteiger partial charge is 0.387 e. The Labute approximate surface area is 184 Å². The third-order valence-electron chi connectivity index (χ3n) is 5.32.